The van der Waals surface area contributed by atoms with Gasteiger partial charge in [-0.05, 0) is 34.0 Å². The maximum atomic E-state index is 11.5. The van der Waals surface area contributed by atoms with E-state index in [2.05, 4.69) is 21.2 Å². The van der Waals surface area contributed by atoms with Gasteiger partial charge >= 0.3 is 0 Å². The van der Waals surface area contributed by atoms with Crippen LogP contribution in [0.15, 0.2) is 28.7 Å². The van der Waals surface area contributed by atoms with Crippen molar-refractivity contribution in [3.8, 4) is 5.75 Å². The van der Waals surface area contributed by atoms with Crippen molar-refractivity contribution < 1.29 is 14.6 Å². The SMILES string of the molecule is CC(C)C(O)CNC(=O)COc1ccccc1Br. The summed E-state index contributed by atoms with van der Waals surface area (Å²) in [6, 6.07) is 7.33. The lowest BCUT2D eigenvalue weighted by atomic mass is 10.1. The van der Waals surface area contributed by atoms with Crippen LogP contribution >= 0.6 is 15.9 Å². The second-order valence-electron chi connectivity index (χ2n) is 4.33. The van der Waals surface area contributed by atoms with E-state index in [0.717, 1.165) is 4.47 Å². The number of benzene rings is 1. The number of nitrogens with one attached hydrogen (secondary N) is 1. The zero-order chi connectivity index (χ0) is 13.5. The Bertz CT molecular complexity index is 396. The monoisotopic (exact) mass is 315 g/mol. The lowest BCUT2D eigenvalue weighted by Crippen LogP contribution is -2.37. The molecule has 0 heterocycles. The van der Waals surface area contributed by atoms with E-state index in [1.165, 1.54) is 0 Å². The number of hydrogen-bond acceptors (Lipinski definition) is 3. The van der Waals surface area contributed by atoms with Gasteiger partial charge in [0, 0.05) is 6.54 Å². The molecular formula is C13H18BrNO3. The average molecular weight is 316 g/mol. The van der Waals surface area contributed by atoms with Gasteiger partial charge in [0.1, 0.15) is 5.75 Å². The molecule has 1 atom stereocenters. The third kappa shape index (κ3) is 5.06. The summed E-state index contributed by atoms with van der Waals surface area (Å²) in [5, 5.41) is 12.2. The van der Waals surface area contributed by atoms with Gasteiger partial charge in [0.05, 0.1) is 10.6 Å². The van der Waals surface area contributed by atoms with Gasteiger partial charge < -0.3 is 15.2 Å². The van der Waals surface area contributed by atoms with E-state index in [0.29, 0.717) is 5.75 Å². The van der Waals surface area contributed by atoms with Gasteiger partial charge in [-0.25, -0.2) is 0 Å². The number of ether oxygens (including phenoxy) is 1. The van der Waals surface area contributed by atoms with E-state index in [1.54, 1.807) is 6.07 Å². The van der Waals surface area contributed by atoms with Gasteiger partial charge in [-0.3, -0.25) is 4.79 Å². The quantitative estimate of drug-likeness (QED) is 0.843. The number of halogens is 1. The van der Waals surface area contributed by atoms with E-state index in [-0.39, 0.29) is 25.0 Å². The van der Waals surface area contributed by atoms with Crippen molar-refractivity contribution >= 4 is 21.8 Å². The van der Waals surface area contributed by atoms with Gasteiger partial charge in [-0.15, -0.1) is 0 Å². The van der Waals surface area contributed by atoms with Crippen molar-refractivity contribution in [3.05, 3.63) is 28.7 Å². The van der Waals surface area contributed by atoms with E-state index < -0.39 is 6.10 Å². The molecule has 0 fully saturated rings. The number of amides is 1. The maximum absolute atomic E-state index is 11.5. The number of rotatable bonds is 6. The van der Waals surface area contributed by atoms with Crippen molar-refractivity contribution in [2.24, 2.45) is 5.92 Å². The number of aliphatic hydroxyl groups excluding tert-OH is 1. The molecule has 1 unspecified atom stereocenters. The molecule has 0 saturated carbocycles. The first-order valence-corrected chi connectivity index (χ1v) is 6.62. The third-order valence-electron chi connectivity index (χ3n) is 2.47. The maximum Gasteiger partial charge on any atom is 0.258 e. The summed E-state index contributed by atoms with van der Waals surface area (Å²) in [6.45, 7) is 3.98. The fraction of sp³-hybridized carbons (Fsp3) is 0.462. The van der Waals surface area contributed by atoms with E-state index in [9.17, 15) is 9.90 Å². The normalized spacial score (nSPS) is 12.3. The fourth-order valence-electron chi connectivity index (χ4n) is 1.21. The zero-order valence-corrected chi connectivity index (χ0v) is 12.1. The minimum atomic E-state index is -0.530. The van der Waals surface area contributed by atoms with Crippen molar-refractivity contribution in [2.45, 2.75) is 20.0 Å². The van der Waals surface area contributed by atoms with Crippen LogP contribution in [0, 0.1) is 5.92 Å². The number of para-hydroxylation sites is 1. The Kier molecular flexibility index (Phi) is 6.15. The highest BCUT2D eigenvalue weighted by atomic mass is 79.9. The van der Waals surface area contributed by atoms with Crippen LogP contribution in [-0.4, -0.2) is 30.3 Å². The Morgan fingerprint density at radius 1 is 1.44 bits per heavy atom. The predicted octanol–water partition coefficient (Wildman–Crippen LogP) is 1.96. The molecule has 0 aromatic heterocycles. The highest BCUT2D eigenvalue weighted by Gasteiger charge is 2.11. The lowest BCUT2D eigenvalue weighted by molar-refractivity contribution is -0.123. The number of carbonyl (C=O) groups is 1. The smallest absolute Gasteiger partial charge is 0.258 e. The first-order chi connectivity index (χ1) is 8.50. The van der Waals surface area contributed by atoms with Gasteiger partial charge in [0.2, 0.25) is 0 Å². The Balaban J connectivity index is 2.32. The largest absolute Gasteiger partial charge is 0.483 e. The van der Waals surface area contributed by atoms with Crippen LogP contribution in [0.25, 0.3) is 0 Å². The molecule has 2 N–H and O–H groups in total. The molecule has 4 nitrogen and oxygen atoms in total. The molecule has 0 radical (unpaired) electrons. The summed E-state index contributed by atoms with van der Waals surface area (Å²) in [7, 11) is 0. The summed E-state index contributed by atoms with van der Waals surface area (Å²) in [4.78, 5) is 11.5. The van der Waals surface area contributed by atoms with Crippen LogP contribution < -0.4 is 10.1 Å². The first kappa shape index (κ1) is 15.0. The molecule has 1 aromatic carbocycles. The first-order valence-electron chi connectivity index (χ1n) is 5.82. The minimum Gasteiger partial charge on any atom is -0.483 e. The molecular weight excluding hydrogens is 298 g/mol. The zero-order valence-electron chi connectivity index (χ0n) is 10.5. The summed E-state index contributed by atoms with van der Waals surface area (Å²) in [5.41, 5.74) is 0. The second kappa shape index (κ2) is 7.38. The summed E-state index contributed by atoms with van der Waals surface area (Å²) >= 11 is 3.33. The van der Waals surface area contributed by atoms with Crippen molar-refractivity contribution in [2.75, 3.05) is 13.2 Å². The predicted molar refractivity (Wildman–Crippen MR) is 73.5 cm³/mol. The Labute approximate surface area is 115 Å². The molecule has 0 aliphatic heterocycles. The van der Waals surface area contributed by atoms with Crippen LogP contribution in [0.3, 0.4) is 0 Å². The highest BCUT2D eigenvalue weighted by molar-refractivity contribution is 9.10. The summed E-state index contributed by atoms with van der Waals surface area (Å²) < 4.78 is 6.16. The van der Waals surface area contributed by atoms with Crippen LogP contribution in [0.1, 0.15) is 13.8 Å². The number of aliphatic hydroxyl groups is 1. The summed E-state index contributed by atoms with van der Waals surface area (Å²) in [6.07, 6.45) is -0.530. The molecule has 1 rings (SSSR count). The fourth-order valence-corrected chi connectivity index (χ4v) is 1.61. The molecule has 1 amide bonds. The Morgan fingerprint density at radius 3 is 2.72 bits per heavy atom. The molecule has 0 aliphatic carbocycles. The van der Waals surface area contributed by atoms with Gasteiger partial charge in [-0.1, -0.05) is 26.0 Å². The highest BCUT2D eigenvalue weighted by Crippen LogP contribution is 2.23. The van der Waals surface area contributed by atoms with Crippen molar-refractivity contribution in [1.82, 2.24) is 5.32 Å². The van der Waals surface area contributed by atoms with Gasteiger partial charge in [0.25, 0.3) is 5.91 Å². The Hall–Kier alpha value is -1.07. The summed E-state index contributed by atoms with van der Waals surface area (Å²) in [5.74, 6) is 0.497. The molecule has 1 aromatic rings. The molecule has 0 saturated heterocycles. The molecule has 0 spiro atoms. The van der Waals surface area contributed by atoms with Crippen LogP contribution in [-0.2, 0) is 4.79 Å². The lowest BCUT2D eigenvalue weighted by Gasteiger charge is -2.15. The molecule has 5 heteroatoms. The van der Waals surface area contributed by atoms with Crippen molar-refractivity contribution in [1.29, 1.82) is 0 Å². The molecule has 0 bridgehead atoms. The van der Waals surface area contributed by atoms with Crippen LogP contribution in [0.4, 0.5) is 0 Å². The van der Waals surface area contributed by atoms with Crippen LogP contribution in [0.2, 0.25) is 0 Å². The van der Waals surface area contributed by atoms with E-state index >= 15 is 0 Å². The Morgan fingerprint density at radius 2 is 2.11 bits per heavy atom. The van der Waals surface area contributed by atoms with Gasteiger partial charge in [-0.2, -0.15) is 0 Å². The average Bonchev–Trinajstić information content (AvgIpc) is 2.34. The van der Waals surface area contributed by atoms with Gasteiger partial charge in [0.15, 0.2) is 6.61 Å². The third-order valence-corrected chi connectivity index (χ3v) is 3.13. The number of carbonyl (C=O) groups excluding carboxylic acids is 1. The van der Waals surface area contributed by atoms with E-state index in [4.69, 9.17) is 4.74 Å². The molecule has 0 aliphatic rings. The second-order valence-corrected chi connectivity index (χ2v) is 5.19. The topological polar surface area (TPSA) is 58.6 Å². The number of hydrogen-bond donors (Lipinski definition) is 2. The van der Waals surface area contributed by atoms with Crippen LogP contribution in [0.5, 0.6) is 5.75 Å². The van der Waals surface area contributed by atoms with Crippen molar-refractivity contribution in [3.63, 3.8) is 0 Å². The molecule has 18 heavy (non-hydrogen) atoms. The standard InChI is InChI=1S/C13H18BrNO3/c1-9(2)11(16)7-15-13(17)8-18-12-6-4-3-5-10(12)14/h3-6,9,11,16H,7-8H2,1-2H3,(H,15,17). The molecule has 100 valence electrons. The van der Waals surface area contributed by atoms with E-state index in [1.807, 2.05) is 32.0 Å². The minimum absolute atomic E-state index is 0.0621.